The molecule has 28 heavy (non-hydrogen) atoms. The predicted octanol–water partition coefficient (Wildman–Crippen LogP) is 6.79. The first kappa shape index (κ1) is 18.7. The van der Waals surface area contributed by atoms with Gasteiger partial charge in [0.1, 0.15) is 0 Å². The molecule has 3 aromatic carbocycles. The van der Waals surface area contributed by atoms with Crippen molar-refractivity contribution >= 4 is 43.5 Å². The number of hydrogen-bond donors (Lipinski definition) is 1. The summed E-state index contributed by atoms with van der Waals surface area (Å²) in [6.07, 6.45) is 1.67. The fourth-order valence-electron chi connectivity index (χ4n) is 2.77. The highest BCUT2D eigenvalue weighted by Gasteiger charge is 2.17. The molecule has 0 aliphatic carbocycles. The van der Waals surface area contributed by atoms with Gasteiger partial charge >= 0.3 is 0 Å². The molecule has 6 heteroatoms. The number of carbonyl (C=O) groups is 1. The number of rotatable bonds is 4. The zero-order valence-corrected chi connectivity index (χ0v) is 17.7. The van der Waals surface area contributed by atoms with E-state index in [2.05, 4.69) is 42.2 Å². The molecule has 4 rings (SSSR count). The van der Waals surface area contributed by atoms with E-state index in [1.807, 2.05) is 66.7 Å². The van der Waals surface area contributed by atoms with E-state index in [-0.39, 0.29) is 5.91 Å². The zero-order chi connectivity index (χ0) is 19.5. The third-order valence-corrected chi connectivity index (χ3v) is 5.38. The van der Waals surface area contributed by atoms with Crippen LogP contribution in [-0.4, -0.2) is 10.9 Å². The van der Waals surface area contributed by atoms with Gasteiger partial charge in [-0.05, 0) is 52.3 Å². The lowest BCUT2D eigenvalue weighted by Gasteiger charge is -2.09. The third kappa shape index (κ3) is 3.93. The van der Waals surface area contributed by atoms with Crippen LogP contribution in [0.4, 0.5) is 5.69 Å². The Balaban J connectivity index is 1.66. The Hall–Kier alpha value is -2.70. The lowest BCUT2D eigenvalue weighted by Crippen LogP contribution is -2.13. The second-order valence-electron chi connectivity index (χ2n) is 6.02. The van der Waals surface area contributed by atoms with E-state index in [9.17, 15) is 4.79 Å². The van der Waals surface area contributed by atoms with E-state index >= 15 is 0 Å². The fraction of sp³-hybridized carbons (Fsp3) is 0. The molecule has 1 amide bonds. The van der Waals surface area contributed by atoms with Gasteiger partial charge in [0.15, 0.2) is 5.76 Å². The first-order valence-corrected chi connectivity index (χ1v) is 10.1. The molecule has 0 saturated heterocycles. The molecule has 0 aliphatic heterocycles. The topological polar surface area (TPSA) is 55.1 Å². The Labute approximate surface area is 178 Å². The summed E-state index contributed by atoms with van der Waals surface area (Å²) in [5.41, 5.74) is 2.74. The van der Waals surface area contributed by atoms with Crippen LogP contribution in [0.2, 0.25) is 0 Å². The Bertz CT molecular complexity index is 1140. The number of oxazole rings is 1. The van der Waals surface area contributed by atoms with Gasteiger partial charge in [0.05, 0.1) is 17.4 Å². The molecule has 138 valence electrons. The third-order valence-electron chi connectivity index (χ3n) is 4.16. The lowest BCUT2D eigenvalue weighted by atomic mass is 10.1. The maximum Gasteiger partial charge on any atom is 0.256 e. The van der Waals surface area contributed by atoms with Crippen molar-refractivity contribution in [3.63, 3.8) is 0 Å². The van der Waals surface area contributed by atoms with Crippen LogP contribution in [0.3, 0.4) is 0 Å². The van der Waals surface area contributed by atoms with Crippen molar-refractivity contribution in [1.29, 1.82) is 0 Å². The van der Waals surface area contributed by atoms with Crippen LogP contribution in [0, 0.1) is 0 Å². The van der Waals surface area contributed by atoms with Crippen molar-refractivity contribution in [2.45, 2.75) is 0 Å². The van der Waals surface area contributed by atoms with Gasteiger partial charge in [0.25, 0.3) is 5.91 Å². The number of nitrogens with one attached hydrogen (secondary N) is 1. The molecule has 0 radical (unpaired) electrons. The van der Waals surface area contributed by atoms with Crippen molar-refractivity contribution in [1.82, 2.24) is 4.98 Å². The SMILES string of the molecule is O=C(Nc1ccccc1Br)c1ccccc1-c1ncc(-c2ccc(Br)cc2)o1. The maximum absolute atomic E-state index is 12.9. The quantitative estimate of drug-likeness (QED) is 0.338. The number of aromatic nitrogens is 1. The molecule has 1 aromatic heterocycles. The highest BCUT2D eigenvalue weighted by molar-refractivity contribution is 9.10. The van der Waals surface area contributed by atoms with Gasteiger partial charge in [0.2, 0.25) is 5.89 Å². The predicted molar refractivity (Wildman–Crippen MR) is 117 cm³/mol. The molecule has 1 heterocycles. The summed E-state index contributed by atoms with van der Waals surface area (Å²) in [4.78, 5) is 17.3. The van der Waals surface area contributed by atoms with Crippen LogP contribution in [0.5, 0.6) is 0 Å². The molecule has 0 saturated carbocycles. The van der Waals surface area contributed by atoms with Gasteiger partial charge in [-0.3, -0.25) is 4.79 Å². The summed E-state index contributed by atoms with van der Waals surface area (Å²) in [5, 5.41) is 2.92. The summed E-state index contributed by atoms with van der Waals surface area (Å²) in [7, 11) is 0. The minimum Gasteiger partial charge on any atom is -0.436 e. The summed E-state index contributed by atoms with van der Waals surface area (Å²) >= 11 is 6.87. The standard InChI is InChI=1S/C22H14Br2N2O2/c23-15-11-9-14(10-12-15)20-13-25-22(28-20)17-6-2-1-5-16(17)21(27)26-19-8-4-3-7-18(19)24/h1-13H,(H,26,27). The molecular formula is C22H14Br2N2O2. The van der Waals surface area contributed by atoms with Crippen molar-refractivity contribution in [2.75, 3.05) is 5.32 Å². The number of halogens is 2. The molecule has 0 bridgehead atoms. The Morgan fingerprint density at radius 1 is 0.893 bits per heavy atom. The molecule has 0 aliphatic rings. The lowest BCUT2D eigenvalue weighted by molar-refractivity contribution is 0.102. The monoisotopic (exact) mass is 496 g/mol. The second kappa shape index (κ2) is 8.12. The van der Waals surface area contributed by atoms with Gasteiger partial charge < -0.3 is 9.73 Å². The average molecular weight is 498 g/mol. The minimum absolute atomic E-state index is 0.231. The summed E-state index contributed by atoms with van der Waals surface area (Å²) in [6.45, 7) is 0. The van der Waals surface area contributed by atoms with Crippen molar-refractivity contribution in [3.05, 3.63) is 93.5 Å². The number of carbonyl (C=O) groups excluding carboxylic acids is 1. The van der Waals surface area contributed by atoms with E-state index < -0.39 is 0 Å². The maximum atomic E-state index is 12.9. The highest BCUT2D eigenvalue weighted by atomic mass is 79.9. The van der Waals surface area contributed by atoms with Crippen LogP contribution >= 0.6 is 31.9 Å². The van der Waals surface area contributed by atoms with Gasteiger partial charge in [-0.25, -0.2) is 4.98 Å². The van der Waals surface area contributed by atoms with Crippen molar-refractivity contribution < 1.29 is 9.21 Å². The summed E-state index contributed by atoms with van der Waals surface area (Å²) in [6, 6.07) is 22.5. The second-order valence-corrected chi connectivity index (χ2v) is 7.79. The minimum atomic E-state index is -0.231. The van der Waals surface area contributed by atoms with Gasteiger partial charge in [-0.1, -0.05) is 52.3 Å². The van der Waals surface area contributed by atoms with Crippen LogP contribution in [0.15, 0.2) is 92.4 Å². The zero-order valence-electron chi connectivity index (χ0n) is 14.5. The number of amides is 1. The molecule has 0 fully saturated rings. The first-order chi connectivity index (χ1) is 13.6. The Kier molecular flexibility index (Phi) is 5.41. The Morgan fingerprint density at radius 2 is 1.61 bits per heavy atom. The summed E-state index contributed by atoms with van der Waals surface area (Å²) < 4.78 is 7.75. The van der Waals surface area contributed by atoms with E-state index in [0.29, 0.717) is 28.5 Å². The van der Waals surface area contributed by atoms with Crippen LogP contribution in [0.1, 0.15) is 10.4 Å². The molecule has 4 nitrogen and oxygen atoms in total. The largest absolute Gasteiger partial charge is 0.436 e. The molecule has 1 N–H and O–H groups in total. The van der Waals surface area contributed by atoms with E-state index in [0.717, 1.165) is 14.5 Å². The van der Waals surface area contributed by atoms with Crippen LogP contribution in [-0.2, 0) is 0 Å². The number of anilines is 1. The van der Waals surface area contributed by atoms with E-state index in [4.69, 9.17) is 4.42 Å². The molecular weight excluding hydrogens is 484 g/mol. The van der Waals surface area contributed by atoms with Crippen molar-refractivity contribution in [2.24, 2.45) is 0 Å². The van der Waals surface area contributed by atoms with E-state index in [1.54, 1.807) is 12.3 Å². The van der Waals surface area contributed by atoms with Gasteiger partial charge in [0, 0.05) is 20.1 Å². The van der Waals surface area contributed by atoms with Gasteiger partial charge in [-0.2, -0.15) is 0 Å². The number of benzene rings is 3. The molecule has 4 aromatic rings. The average Bonchev–Trinajstić information content (AvgIpc) is 3.20. The van der Waals surface area contributed by atoms with E-state index in [1.165, 1.54) is 0 Å². The number of nitrogens with zero attached hydrogens (tertiary/aromatic N) is 1. The number of hydrogen-bond acceptors (Lipinski definition) is 3. The van der Waals surface area contributed by atoms with Crippen LogP contribution < -0.4 is 5.32 Å². The first-order valence-electron chi connectivity index (χ1n) is 8.49. The normalized spacial score (nSPS) is 10.6. The highest BCUT2D eigenvalue weighted by Crippen LogP contribution is 2.30. The van der Waals surface area contributed by atoms with Gasteiger partial charge in [-0.15, -0.1) is 0 Å². The van der Waals surface area contributed by atoms with Crippen molar-refractivity contribution in [3.8, 4) is 22.8 Å². The molecule has 0 unspecified atom stereocenters. The molecule has 0 spiro atoms. The van der Waals surface area contributed by atoms with Crippen LogP contribution in [0.25, 0.3) is 22.8 Å². The molecule has 0 atom stereocenters. The fourth-order valence-corrected chi connectivity index (χ4v) is 3.41. The Morgan fingerprint density at radius 3 is 2.39 bits per heavy atom. The smallest absolute Gasteiger partial charge is 0.256 e. The number of para-hydroxylation sites is 1. The summed E-state index contributed by atoms with van der Waals surface area (Å²) in [5.74, 6) is 0.810.